The maximum Gasteiger partial charge on any atom is 0.321 e. The van der Waals surface area contributed by atoms with Crippen LogP contribution >= 0.6 is 11.6 Å². The molecule has 0 aliphatic carbocycles. The van der Waals surface area contributed by atoms with Gasteiger partial charge in [-0.2, -0.15) is 0 Å². The highest BCUT2D eigenvalue weighted by Crippen LogP contribution is 2.39. The number of amides is 2. The molecule has 0 unspecified atom stereocenters. The Labute approximate surface area is 152 Å². The Kier molecular flexibility index (Phi) is 6.36. The fourth-order valence-electron chi connectivity index (χ4n) is 2.35. The molecule has 0 fully saturated rings. The molecule has 0 aromatic heterocycles. The van der Waals surface area contributed by atoms with E-state index in [9.17, 15) is 4.79 Å². The van der Waals surface area contributed by atoms with Crippen molar-refractivity contribution in [1.29, 1.82) is 0 Å². The van der Waals surface area contributed by atoms with Gasteiger partial charge in [-0.25, -0.2) is 4.79 Å². The second kappa shape index (κ2) is 8.48. The number of benzene rings is 2. The number of rotatable bonds is 6. The molecule has 134 valence electrons. The summed E-state index contributed by atoms with van der Waals surface area (Å²) in [5, 5.41) is 3.45. The quantitative estimate of drug-likeness (QED) is 0.840. The van der Waals surface area contributed by atoms with Crippen molar-refractivity contribution in [3.8, 4) is 17.2 Å². The first-order valence-corrected chi connectivity index (χ1v) is 7.92. The zero-order valence-electron chi connectivity index (χ0n) is 14.6. The van der Waals surface area contributed by atoms with Crippen LogP contribution in [-0.4, -0.2) is 39.3 Å². The van der Waals surface area contributed by atoms with Crippen LogP contribution in [0.15, 0.2) is 36.4 Å². The molecule has 0 radical (unpaired) electrons. The predicted molar refractivity (Wildman–Crippen MR) is 98.0 cm³/mol. The fraction of sp³-hybridized carbons (Fsp3) is 0.278. The van der Waals surface area contributed by atoms with E-state index >= 15 is 0 Å². The van der Waals surface area contributed by atoms with E-state index in [0.29, 0.717) is 34.5 Å². The van der Waals surface area contributed by atoms with Crippen LogP contribution in [0.2, 0.25) is 5.02 Å². The highest BCUT2D eigenvalue weighted by Gasteiger charge is 2.16. The van der Waals surface area contributed by atoms with Crippen LogP contribution in [0.1, 0.15) is 5.56 Å². The topological polar surface area (TPSA) is 60.0 Å². The van der Waals surface area contributed by atoms with E-state index in [1.165, 1.54) is 21.3 Å². The lowest BCUT2D eigenvalue weighted by Crippen LogP contribution is -2.30. The standard InChI is InChI=1S/C18H21ClN2O4/c1-21(11-12-6-5-7-13(19)8-12)18(22)20-14-9-15(23-2)17(25-4)16(10-14)24-3/h5-10H,11H2,1-4H3,(H,20,22). The molecule has 1 N–H and O–H groups in total. The third-order valence-corrected chi connectivity index (χ3v) is 3.81. The zero-order chi connectivity index (χ0) is 18.4. The first-order chi connectivity index (χ1) is 12.0. The smallest absolute Gasteiger partial charge is 0.321 e. The van der Waals surface area contributed by atoms with Gasteiger partial charge in [0, 0.05) is 30.7 Å². The van der Waals surface area contributed by atoms with Crippen molar-refractivity contribution in [2.75, 3.05) is 33.7 Å². The van der Waals surface area contributed by atoms with Gasteiger partial charge in [0.2, 0.25) is 5.75 Å². The Balaban J connectivity index is 2.14. The normalized spacial score (nSPS) is 10.1. The molecule has 2 amide bonds. The summed E-state index contributed by atoms with van der Waals surface area (Å²) in [6, 6.07) is 10.5. The second-order valence-electron chi connectivity index (χ2n) is 5.33. The van der Waals surface area contributed by atoms with Gasteiger partial charge in [-0.05, 0) is 17.7 Å². The minimum absolute atomic E-state index is 0.269. The SMILES string of the molecule is COc1cc(NC(=O)N(C)Cc2cccc(Cl)c2)cc(OC)c1OC. The monoisotopic (exact) mass is 364 g/mol. The third kappa shape index (κ3) is 4.70. The van der Waals surface area contributed by atoms with Crippen LogP contribution in [0.3, 0.4) is 0 Å². The lowest BCUT2D eigenvalue weighted by molar-refractivity contribution is 0.220. The van der Waals surface area contributed by atoms with Gasteiger partial charge in [-0.15, -0.1) is 0 Å². The van der Waals surface area contributed by atoms with Crippen molar-refractivity contribution >= 4 is 23.3 Å². The highest BCUT2D eigenvalue weighted by atomic mass is 35.5. The van der Waals surface area contributed by atoms with Crippen molar-refractivity contribution in [2.45, 2.75) is 6.54 Å². The van der Waals surface area contributed by atoms with Gasteiger partial charge < -0.3 is 24.4 Å². The van der Waals surface area contributed by atoms with Gasteiger partial charge in [0.25, 0.3) is 0 Å². The molecule has 2 rings (SSSR count). The Morgan fingerprint density at radius 2 is 1.72 bits per heavy atom. The van der Waals surface area contributed by atoms with Crippen molar-refractivity contribution in [1.82, 2.24) is 4.90 Å². The summed E-state index contributed by atoms with van der Waals surface area (Å²) in [4.78, 5) is 14.0. The van der Waals surface area contributed by atoms with Gasteiger partial charge >= 0.3 is 6.03 Å². The molecule has 0 saturated heterocycles. The first kappa shape index (κ1) is 18.7. The lowest BCUT2D eigenvalue weighted by atomic mass is 10.2. The average molecular weight is 365 g/mol. The highest BCUT2D eigenvalue weighted by molar-refractivity contribution is 6.30. The minimum Gasteiger partial charge on any atom is -0.493 e. The molecule has 6 nitrogen and oxygen atoms in total. The van der Waals surface area contributed by atoms with Gasteiger partial charge in [0.1, 0.15) is 0 Å². The van der Waals surface area contributed by atoms with Crippen LogP contribution in [0.4, 0.5) is 10.5 Å². The van der Waals surface area contributed by atoms with Gasteiger partial charge in [0.15, 0.2) is 11.5 Å². The van der Waals surface area contributed by atoms with Crippen LogP contribution in [0, 0.1) is 0 Å². The largest absolute Gasteiger partial charge is 0.493 e. The van der Waals surface area contributed by atoms with Gasteiger partial charge in [-0.1, -0.05) is 23.7 Å². The third-order valence-electron chi connectivity index (χ3n) is 3.57. The summed E-state index contributed by atoms with van der Waals surface area (Å²) in [5.74, 6) is 1.40. The molecule has 0 aliphatic heterocycles. The molecule has 0 aliphatic rings. The molecule has 0 atom stereocenters. The maximum absolute atomic E-state index is 12.4. The summed E-state index contributed by atoms with van der Waals surface area (Å²) in [5.41, 5.74) is 1.48. The molecule has 0 heterocycles. The molecule has 25 heavy (non-hydrogen) atoms. The minimum atomic E-state index is -0.269. The number of hydrogen-bond donors (Lipinski definition) is 1. The Hall–Kier alpha value is -2.60. The van der Waals surface area contributed by atoms with E-state index in [2.05, 4.69) is 5.32 Å². The van der Waals surface area contributed by atoms with Gasteiger partial charge in [0.05, 0.1) is 27.0 Å². The summed E-state index contributed by atoms with van der Waals surface area (Å²) in [6.45, 7) is 0.427. The number of nitrogens with zero attached hydrogens (tertiary/aromatic N) is 1. The first-order valence-electron chi connectivity index (χ1n) is 7.55. The van der Waals surface area contributed by atoms with E-state index in [-0.39, 0.29) is 6.03 Å². The average Bonchev–Trinajstić information content (AvgIpc) is 2.60. The molecule has 0 bridgehead atoms. The number of carbonyl (C=O) groups is 1. The van der Waals surface area contributed by atoms with Crippen LogP contribution in [-0.2, 0) is 6.54 Å². The van der Waals surface area contributed by atoms with E-state index < -0.39 is 0 Å². The van der Waals surface area contributed by atoms with E-state index in [1.807, 2.05) is 18.2 Å². The van der Waals surface area contributed by atoms with E-state index in [0.717, 1.165) is 5.56 Å². The van der Waals surface area contributed by atoms with Crippen molar-refractivity contribution in [3.05, 3.63) is 47.0 Å². The lowest BCUT2D eigenvalue weighted by Gasteiger charge is -2.19. The van der Waals surface area contributed by atoms with Crippen molar-refractivity contribution < 1.29 is 19.0 Å². The number of hydrogen-bond acceptors (Lipinski definition) is 4. The zero-order valence-corrected chi connectivity index (χ0v) is 15.4. The molecule has 7 heteroatoms. The van der Waals surface area contributed by atoms with Crippen molar-refractivity contribution in [3.63, 3.8) is 0 Å². The molecule has 0 saturated carbocycles. The Morgan fingerprint density at radius 1 is 1.08 bits per heavy atom. The maximum atomic E-state index is 12.4. The van der Waals surface area contributed by atoms with E-state index in [1.54, 1.807) is 30.1 Å². The number of urea groups is 1. The number of carbonyl (C=O) groups excluding carboxylic acids is 1. The Morgan fingerprint density at radius 3 is 2.24 bits per heavy atom. The van der Waals surface area contributed by atoms with E-state index in [4.69, 9.17) is 25.8 Å². The molecule has 0 spiro atoms. The van der Waals surface area contributed by atoms with Gasteiger partial charge in [-0.3, -0.25) is 0 Å². The number of ether oxygens (including phenoxy) is 3. The van der Waals surface area contributed by atoms with Crippen molar-refractivity contribution in [2.24, 2.45) is 0 Å². The van der Waals surface area contributed by atoms with Crippen LogP contribution in [0.25, 0.3) is 0 Å². The number of nitrogens with one attached hydrogen (secondary N) is 1. The fourth-order valence-corrected chi connectivity index (χ4v) is 2.57. The molecular weight excluding hydrogens is 344 g/mol. The second-order valence-corrected chi connectivity index (χ2v) is 5.77. The van der Waals surface area contributed by atoms with Crippen LogP contribution < -0.4 is 19.5 Å². The number of anilines is 1. The number of methoxy groups -OCH3 is 3. The summed E-state index contributed by atoms with van der Waals surface area (Å²) in [7, 11) is 6.27. The molecule has 2 aromatic carbocycles. The number of halogens is 1. The molecular formula is C18H21ClN2O4. The Bertz CT molecular complexity index is 727. The predicted octanol–water partition coefficient (Wildman–Crippen LogP) is 4.03. The van der Waals surface area contributed by atoms with Crippen LogP contribution in [0.5, 0.6) is 17.2 Å². The molecule has 2 aromatic rings. The summed E-state index contributed by atoms with van der Waals surface area (Å²) < 4.78 is 15.8. The summed E-state index contributed by atoms with van der Waals surface area (Å²) >= 11 is 5.97. The summed E-state index contributed by atoms with van der Waals surface area (Å²) in [6.07, 6.45) is 0.